The number of thiophene rings is 1. The molecule has 1 aliphatic rings. The molecule has 5 heteroatoms. The molecule has 1 aromatic heterocycles. The number of amides is 1. The van der Waals surface area contributed by atoms with Gasteiger partial charge in [-0.25, -0.2) is 0 Å². The van der Waals surface area contributed by atoms with Crippen LogP contribution < -0.4 is 0 Å². The maximum atomic E-state index is 13.0. The van der Waals surface area contributed by atoms with Gasteiger partial charge in [-0.1, -0.05) is 50.6 Å². The molecule has 0 N–H and O–H groups in total. The molecule has 1 amide bonds. The van der Waals surface area contributed by atoms with Crippen molar-refractivity contribution in [3.63, 3.8) is 0 Å². The third-order valence-electron chi connectivity index (χ3n) is 5.17. The van der Waals surface area contributed by atoms with Crippen molar-refractivity contribution in [2.45, 2.75) is 39.2 Å². The van der Waals surface area contributed by atoms with Crippen LogP contribution in [0.15, 0.2) is 36.4 Å². The minimum absolute atomic E-state index is 0.143. The van der Waals surface area contributed by atoms with Gasteiger partial charge in [0.15, 0.2) is 0 Å². The summed E-state index contributed by atoms with van der Waals surface area (Å²) in [7, 11) is 0. The van der Waals surface area contributed by atoms with Gasteiger partial charge in [0, 0.05) is 31.1 Å². The monoisotopic (exact) mass is 381 g/mol. The maximum Gasteiger partial charge on any atom is 0.264 e. The Morgan fingerprint density at radius 2 is 1.89 bits per heavy atom. The molecule has 1 atom stereocenters. The Bertz CT molecular complexity index is 801. The van der Waals surface area contributed by atoms with Gasteiger partial charge in [-0.2, -0.15) is 5.26 Å². The smallest absolute Gasteiger partial charge is 0.264 e. The Balaban J connectivity index is 1.65. The van der Waals surface area contributed by atoms with Gasteiger partial charge in [0.05, 0.1) is 10.9 Å². The quantitative estimate of drug-likeness (QED) is 0.750. The molecule has 2 aromatic rings. The Morgan fingerprint density at radius 3 is 2.48 bits per heavy atom. The van der Waals surface area contributed by atoms with Crippen molar-refractivity contribution in [2.75, 3.05) is 26.2 Å². The molecule has 4 nitrogen and oxygen atoms in total. The standard InChI is InChI=1S/C22H27N3OS/c1-3-8-20-17(4-2)15-21(27-20)22(26)25-13-11-24(12-14-25)19(16-23)18-9-6-5-7-10-18/h5-7,9-10,15,19H,3-4,8,11-14H2,1-2H3. The Morgan fingerprint density at radius 1 is 1.19 bits per heavy atom. The molecule has 27 heavy (non-hydrogen) atoms. The van der Waals surface area contributed by atoms with Crippen LogP contribution in [0.1, 0.15) is 52.0 Å². The van der Waals surface area contributed by atoms with E-state index in [-0.39, 0.29) is 11.9 Å². The predicted molar refractivity (Wildman–Crippen MR) is 110 cm³/mol. The lowest BCUT2D eigenvalue weighted by Crippen LogP contribution is -2.49. The third-order valence-corrected chi connectivity index (χ3v) is 6.39. The highest BCUT2D eigenvalue weighted by Gasteiger charge is 2.28. The van der Waals surface area contributed by atoms with Crippen molar-refractivity contribution in [3.05, 3.63) is 57.3 Å². The second-order valence-electron chi connectivity index (χ2n) is 6.93. The molecule has 0 spiro atoms. The van der Waals surface area contributed by atoms with Crippen LogP contribution >= 0.6 is 11.3 Å². The van der Waals surface area contributed by atoms with Crippen molar-refractivity contribution in [1.82, 2.24) is 9.80 Å². The van der Waals surface area contributed by atoms with Crippen LogP contribution in [0.2, 0.25) is 0 Å². The SMILES string of the molecule is CCCc1sc(C(=O)N2CCN(C(C#N)c3ccccc3)CC2)cc1CC. The van der Waals surface area contributed by atoms with Crippen molar-refractivity contribution < 1.29 is 4.79 Å². The predicted octanol–water partition coefficient (Wildman–Crippen LogP) is 4.29. The summed E-state index contributed by atoms with van der Waals surface area (Å²) in [6, 6.07) is 14.2. The van der Waals surface area contributed by atoms with Gasteiger partial charge in [0.2, 0.25) is 0 Å². The normalized spacial score (nSPS) is 16.1. The van der Waals surface area contributed by atoms with E-state index in [0.717, 1.165) is 42.8 Å². The van der Waals surface area contributed by atoms with Crippen LogP contribution in [-0.2, 0) is 12.8 Å². The average Bonchev–Trinajstić information content (AvgIpc) is 3.13. The van der Waals surface area contributed by atoms with E-state index in [0.29, 0.717) is 13.1 Å². The van der Waals surface area contributed by atoms with Crippen LogP contribution in [-0.4, -0.2) is 41.9 Å². The number of hydrogen-bond acceptors (Lipinski definition) is 4. The summed E-state index contributed by atoms with van der Waals surface area (Å²) in [5.74, 6) is 0.143. The largest absolute Gasteiger partial charge is 0.335 e. The fraction of sp³-hybridized carbons (Fsp3) is 0.455. The van der Waals surface area contributed by atoms with E-state index in [1.54, 1.807) is 11.3 Å². The maximum absolute atomic E-state index is 13.0. The number of rotatable bonds is 6. The Labute approximate surface area is 166 Å². The molecule has 0 bridgehead atoms. The molecule has 1 unspecified atom stereocenters. The fourth-order valence-corrected chi connectivity index (χ4v) is 4.97. The average molecular weight is 382 g/mol. The van der Waals surface area contributed by atoms with Gasteiger partial charge >= 0.3 is 0 Å². The van der Waals surface area contributed by atoms with E-state index in [2.05, 4.69) is 30.9 Å². The zero-order valence-electron chi connectivity index (χ0n) is 16.1. The second kappa shape index (κ2) is 9.16. The number of hydrogen-bond donors (Lipinski definition) is 0. The van der Waals surface area contributed by atoms with Crippen LogP contribution in [0.4, 0.5) is 0 Å². The zero-order chi connectivity index (χ0) is 19.2. The minimum Gasteiger partial charge on any atom is -0.335 e. The summed E-state index contributed by atoms with van der Waals surface area (Å²) in [6.07, 6.45) is 3.14. The summed E-state index contributed by atoms with van der Waals surface area (Å²) in [6.45, 7) is 7.14. The number of carbonyl (C=O) groups excluding carboxylic acids is 1. The topological polar surface area (TPSA) is 47.3 Å². The number of piperazine rings is 1. The molecule has 1 aliphatic heterocycles. The van der Waals surface area contributed by atoms with Crippen molar-refractivity contribution in [3.8, 4) is 6.07 Å². The lowest BCUT2D eigenvalue weighted by molar-refractivity contribution is 0.0611. The molecule has 0 radical (unpaired) electrons. The lowest BCUT2D eigenvalue weighted by atomic mass is 10.1. The van der Waals surface area contributed by atoms with Gasteiger partial charge in [-0.3, -0.25) is 9.69 Å². The molecule has 3 rings (SSSR count). The zero-order valence-corrected chi connectivity index (χ0v) is 17.0. The van der Waals surface area contributed by atoms with Gasteiger partial charge in [-0.05, 0) is 30.0 Å². The highest BCUT2D eigenvalue weighted by molar-refractivity contribution is 7.14. The van der Waals surface area contributed by atoms with Gasteiger partial charge in [0.25, 0.3) is 5.91 Å². The van der Waals surface area contributed by atoms with E-state index in [4.69, 9.17) is 0 Å². The number of aryl methyl sites for hydroxylation is 2. The van der Waals surface area contributed by atoms with Gasteiger partial charge < -0.3 is 4.90 Å². The van der Waals surface area contributed by atoms with E-state index in [1.165, 1.54) is 10.4 Å². The summed E-state index contributed by atoms with van der Waals surface area (Å²) in [5.41, 5.74) is 2.34. The first-order valence-corrected chi connectivity index (χ1v) is 10.6. The number of benzene rings is 1. The highest BCUT2D eigenvalue weighted by atomic mass is 32.1. The molecule has 1 aromatic carbocycles. The summed E-state index contributed by atoms with van der Waals surface area (Å²) in [4.78, 5) is 19.3. The van der Waals surface area contributed by atoms with Gasteiger partial charge in [-0.15, -0.1) is 11.3 Å². The summed E-state index contributed by atoms with van der Waals surface area (Å²) < 4.78 is 0. The molecule has 2 heterocycles. The van der Waals surface area contributed by atoms with Crippen molar-refractivity contribution >= 4 is 17.2 Å². The van der Waals surface area contributed by atoms with E-state index >= 15 is 0 Å². The fourth-order valence-electron chi connectivity index (χ4n) is 3.65. The highest BCUT2D eigenvalue weighted by Crippen LogP contribution is 2.27. The lowest BCUT2D eigenvalue weighted by Gasteiger charge is -2.36. The number of nitrogens with zero attached hydrogens (tertiary/aromatic N) is 3. The molecule has 1 fully saturated rings. The second-order valence-corrected chi connectivity index (χ2v) is 8.07. The summed E-state index contributed by atoms with van der Waals surface area (Å²) in [5, 5.41) is 9.63. The van der Waals surface area contributed by atoms with Gasteiger partial charge in [0.1, 0.15) is 6.04 Å². The molecule has 0 aliphatic carbocycles. The molecular formula is C22H27N3OS. The first-order valence-electron chi connectivity index (χ1n) is 9.77. The molecule has 142 valence electrons. The van der Waals surface area contributed by atoms with Crippen LogP contribution in [0, 0.1) is 11.3 Å². The van der Waals surface area contributed by atoms with Crippen LogP contribution in [0.3, 0.4) is 0 Å². The first-order chi connectivity index (χ1) is 13.2. The minimum atomic E-state index is -0.243. The Hall–Kier alpha value is -2.16. The van der Waals surface area contributed by atoms with E-state index in [9.17, 15) is 10.1 Å². The molecule has 0 saturated carbocycles. The summed E-state index contributed by atoms with van der Waals surface area (Å²) >= 11 is 1.66. The van der Waals surface area contributed by atoms with Crippen molar-refractivity contribution in [1.29, 1.82) is 5.26 Å². The van der Waals surface area contributed by atoms with Crippen LogP contribution in [0.25, 0.3) is 0 Å². The van der Waals surface area contributed by atoms with Crippen molar-refractivity contribution in [2.24, 2.45) is 0 Å². The van der Waals surface area contributed by atoms with E-state index < -0.39 is 0 Å². The number of carbonyl (C=O) groups is 1. The third kappa shape index (κ3) is 4.40. The van der Waals surface area contributed by atoms with Crippen LogP contribution in [0.5, 0.6) is 0 Å². The number of nitriles is 1. The molecule has 1 saturated heterocycles. The van der Waals surface area contributed by atoms with E-state index in [1.807, 2.05) is 35.2 Å². The Kier molecular flexibility index (Phi) is 6.65. The first kappa shape index (κ1) is 19.6. The molecular weight excluding hydrogens is 354 g/mol.